The van der Waals surface area contributed by atoms with E-state index in [1.54, 1.807) is 0 Å². The highest BCUT2D eigenvalue weighted by Crippen LogP contribution is 2.35. The maximum Gasteiger partial charge on any atom is 0.218 e. The number of aryl methyl sites for hydroxylation is 2. The molecule has 3 rings (SSSR count). The van der Waals surface area contributed by atoms with Crippen molar-refractivity contribution in [2.45, 2.75) is 13.8 Å². The Hall–Kier alpha value is -2.73. The van der Waals surface area contributed by atoms with Gasteiger partial charge in [-0.3, -0.25) is 0 Å². The molecule has 3 aromatic rings. The van der Waals surface area contributed by atoms with E-state index in [2.05, 4.69) is 27.5 Å². The molecule has 0 spiro atoms. The van der Waals surface area contributed by atoms with E-state index in [9.17, 15) is 5.11 Å². The van der Waals surface area contributed by atoms with Crippen molar-refractivity contribution in [3.05, 3.63) is 53.6 Å². The number of thiocarbonyl (C=S) groups is 1. The molecule has 0 atom stereocenters. The van der Waals surface area contributed by atoms with Gasteiger partial charge in [0, 0.05) is 11.1 Å². The van der Waals surface area contributed by atoms with Crippen LogP contribution in [0.15, 0.2) is 52.7 Å². The molecule has 3 N–H and O–H groups in total. The molecule has 5 nitrogen and oxygen atoms in total. The summed E-state index contributed by atoms with van der Waals surface area (Å²) in [5, 5.41) is 22.0. The molecule has 0 aliphatic carbocycles. The number of hydrogen-bond acceptors (Lipinski definition) is 3. The van der Waals surface area contributed by atoms with Gasteiger partial charge in [-0.2, -0.15) is 0 Å². The zero-order valence-electron chi connectivity index (χ0n) is 12.8. The Morgan fingerprint density at radius 1 is 1.13 bits per heavy atom. The zero-order valence-corrected chi connectivity index (χ0v) is 13.6. The number of aromatic hydroxyl groups is 1. The van der Waals surface area contributed by atoms with Gasteiger partial charge in [0.1, 0.15) is 0 Å². The topological polar surface area (TPSA) is 72.8 Å². The van der Waals surface area contributed by atoms with Crippen LogP contribution in [-0.4, -0.2) is 15.2 Å². The molecule has 0 radical (unpaired) electrons. The number of benzene rings is 2. The summed E-state index contributed by atoms with van der Waals surface area (Å²) in [6, 6.07) is 13.4. The Morgan fingerprint density at radius 3 is 2.70 bits per heavy atom. The number of nitrogens with zero attached hydrogens (tertiary/aromatic N) is 2. The van der Waals surface area contributed by atoms with Gasteiger partial charge >= 0.3 is 0 Å². The van der Waals surface area contributed by atoms with Crippen molar-refractivity contribution in [1.29, 1.82) is 0 Å². The Kier molecular flexibility index (Phi) is 4.08. The van der Waals surface area contributed by atoms with Crippen LogP contribution in [0, 0.1) is 13.8 Å². The number of para-hydroxylation sites is 1. The minimum absolute atomic E-state index is 0.0241. The molecule has 0 amide bonds. The molecule has 2 aromatic carbocycles. The molecule has 1 aromatic heterocycles. The van der Waals surface area contributed by atoms with Gasteiger partial charge in [0.15, 0.2) is 5.69 Å². The average Bonchev–Trinajstić information content (AvgIpc) is 2.84. The normalized spacial score (nSPS) is 11.2. The summed E-state index contributed by atoms with van der Waals surface area (Å²) < 4.78 is 0. The van der Waals surface area contributed by atoms with Crippen molar-refractivity contribution in [2.75, 3.05) is 5.32 Å². The van der Waals surface area contributed by atoms with Crippen LogP contribution in [0.4, 0.5) is 11.4 Å². The second-order valence-corrected chi connectivity index (χ2v) is 5.68. The quantitative estimate of drug-likeness (QED) is 0.460. The van der Waals surface area contributed by atoms with Gasteiger partial charge in [-0.05, 0) is 55.4 Å². The van der Waals surface area contributed by atoms with E-state index in [0.717, 1.165) is 16.6 Å². The number of azo groups is 1. The standard InChI is InChI=1S/C17H16N4OS/c1-10-7-8-12(9-11(10)2)18-17(23)21-20-15-13-5-3-4-6-14(13)19-16(15)22/h3-9,19,22H,1-2H3,(H,18,23). The molecule has 0 aliphatic heterocycles. The second-order valence-electron chi connectivity index (χ2n) is 5.30. The molecule has 116 valence electrons. The minimum Gasteiger partial charge on any atom is -0.493 e. The van der Waals surface area contributed by atoms with Crippen molar-refractivity contribution >= 4 is 39.6 Å². The lowest BCUT2D eigenvalue weighted by Gasteiger charge is -2.06. The summed E-state index contributed by atoms with van der Waals surface area (Å²) >= 11 is 5.19. The van der Waals surface area contributed by atoms with Crippen molar-refractivity contribution < 1.29 is 5.11 Å². The van der Waals surface area contributed by atoms with E-state index in [0.29, 0.717) is 5.69 Å². The highest BCUT2D eigenvalue weighted by atomic mass is 32.1. The minimum atomic E-state index is -0.0241. The van der Waals surface area contributed by atoms with Gasteiger partial charge in [-0.1, -0.05) is 24.3 Å². The van der Waals surface area contributed by atoms with Gasteiger partial charge in [-0.25, -0.2) is 0 Å². The molecule has 0 saturated heterocycles. The highest BCUT2D eigenvalue weighted by Gasteiger charge is 2.09. The molecular weight excluding hydrogens is 308 g/mol. The number of rotatable bonds is 2. The fourth-order valence-corrected chi connectivity index (χ4v) is 2.44. The third-order valence-corrected chi connectivity index (χ3v) is 3.84. The monoisotopic (exact) mass is 324 g/mol. The Balaban J connectivity index is 1.80. The van der Waals surface area contributed by atoms with E-state index in [4.69, 9.17) is 12.2 Å². The van der Waals surface area contributed by atoms with Gasteiger partial charge in [0.2, 0.25) is 11.0 Å². The Bertz CT molecular complexity index is 914. The van der Waals surface area contributed by atoms with Crippen LogP contribution in [0.2, 0.25) is 0 Å². The Morgan fingerprint density at radius 2 is 1.91 bits per heavy atom. The van der Waals surface area contributed by atoms with Crippen LogP contribution >= 0.6 is 12.2 Å². The lowest BCUT2D eigenvalue weighted by molar-refractivity contribution is 0.459. The Labute approximate surface area is 139 Å². The van der Waals surface area contributed by atoms with Gasteiger partial charge in [0.05, 0.1) is 5.52 Å². The number of aromatic amines is 1. The van der Waals surface area contributed by atoms with Crippen LogP contribution in [0.5, 0.6) is 5.88 Å². The second kappa shape index (κ2) is 6.18. The summed E-state index contributed by atoms with van der Waals surface area (Å²) in [6.07, 6.45) is 0. The van der Waals surface area contributed by atoms with Gasteiger partial charge in [0.25, 0.3) is 0 Å². The van der Waals surface area contributed by atoms with Gasteiger partial charge < -0.3 is 15.4 Å². The van der Waals surface area contributed by atoms with Gasteiger partial charge in [-0.15, -0.1) is 10.2 Å². The first-order chi connectivity index (χ1) is 11.0. The molecule has 0 bridgehead atoms. The largest absolute Gasteiger partial charge is 0.493 e. The predicted octanol–water partition coefficient (Wildman–Crippen LogP) is 4.97. The number of nitrogens with one attached hydrogen (secondary N) is 2. The number of anilines is 1. The van der Waals surface area contributed by atoms with Crippen molar-refractivity contribution in [3.63, 3.8) is 0 Å². The first-order valence-corrected chi connectivity index (χ1v) is 7.55. The SMILES string of the molecule is Cc1ccc(NC(=S)N=Nc2c(O)[nH]c3ccccc23)cc1C. The van der Waals surface area contributed by atoms with Crippen LogP contribution in [0.3, 0.4) is 0 Å². The van der Waals surface area contributed by atoms with Crippen LogP contribution in [0.25, 0.3) is 10.9 Å². The first-order valence-electron chi connectivity index (χ1n) is 7.14. The maximum atomic E-state index is 9.93. The van der Waals surface area contributed by atoms with Crippen LogP contribution in [0.1, 0.15) is 11.1 Å². The summed E-state index contributed by atoms with van der Waals surface area (Å²) in [7, 11) is 0. The van der Waals surface area contributed by atoms with E-state index < -0.39 is 0 Å². The first kappa shape index (κ1) is 15.2. The molecule has 0 aliphatic rings. The lowest BCUT2D eigenvalue weighted by atomic mass is 10.1. The number of hydrogen-bond donors (Lipinski definition) is 3. The summed E-state index contributed by atoms with van der Waals surface area (Å²) in [4.78, 5) is 2.85. The fraction of sp³-hybridized carbons (Fsp3) is 0.118. The third-order valence-electron chi connectivity index (χ3n) is 3.66. The summed E-state index contributed by atoms with van der Waals surface area (Å²) in [5.41, 5.74) is 4.42. The molecule has 0 unspecified atom stereocenters. The van der Waals surface area contributed by atoms with Crippen molar-refractivity contribution in [1.82, 2.24) is 4.98 Å². The predicted molar refractivity (Wildman–Crippen MR) is 96.6 cm³/mol. The number of H-pyrrole nitrogens is 1. The molecule has 23 heavy (non-hydrogen) atoms. The third kappa shape index (κ3) is 3.22. The maximum absolute atomic E-state index is 9.93. The molecule has 0 saturated carbocycles. The summed E-state index contributed by atoms with van der Waals surface area (Å²) in [5.74, 6) is -0.0241. The van der Waals surface area contributed by atoms with E-state index in [1.165, 1.54) is 11.1 Å². The fourth-order valence-electron chi connectivity index (χ4n) is 2.28. The van der Waals surface area contributed by atoms with Crippen LogP contribution in [-0.2, 0) is 0 Å². The van der Waals surface area contributed by atoms with Crippen molar-refractivity contribution in [3.8, 4) is 5.88 Å². The average molecular weight is 324 g/mol. The van der Waals surface area contributed by atoms with E-state index in [1.807, 2.05) is 49.4 Å². The lowest BCUT2D eigenvalue weighted by Crippen LogP contribution is -2.05. The molecule has 0 fully saturated rings. The zero-order chi connectivity index (χ0) is 16.4. The van der Waals surface area contributed by atoms with E-state index >= 15 is 0 Å². The molecular formula is C17H16N4OS. The molecule has 1 heterocycles. The number of fused-ring (bicyclic) bond motifs is 1. The van der Waals surface area contributed by atoms with Crippen molar-refractivity contribution in [2.24, 2.45) is 10.2 Å². The van der Waals surface area contributed by atoms with Crippen LogP contribution < -0.4 is 5.32 Å². The van der Waals surface area contributed by atoms with E-state index in [-0.39, 0.29) is 11.0 Å². The highest BCUT2D eigenvalue weighted by molar-refractivity contribution is 7.80. The smallest absolute Gasteiger partial charge is 0.218 e. The number of aromatic nitrogens is 1. The summed E-state index contributed by atoms with van der Waals surface area (Å²) in [6.45, 7) is 4.09. The molecule has 6 heteroatoms.